The molecule has 0 amide bonds. The molecule has 0 aromatic heterocycles. The van der Waals surface area contributed by atoms with Gasteiger partial charge in [-0.15, -0.1) is 0 Å². The molecule has 0 atom stereocenters. The van der Waals surface area contributed by atoms with Crippen LogP contribution in [0.25, 0.3) is 0 Å². The summed E-state index contributed by atoms with van der Waals surface area (Å²) in [7, 11) is 0. The van der Waals surface area contributed by atoms with Gasteiger partial charge in [0.15, 0.2) is 0 Å². The van der Waals surface area contributed by atoms with Crippen molar-refractivity contribution < 1.29 is 17.1 Å². The summed E-state index contributed by atoms with van der Waals surface area (Å²) in [4.78, 5) is 0. The first-order valence-corrected chi connectivity index (χ1v) is 1.55. The molecule has 0 spiro atoms. The van der Waals surface area contributed by atoms with Crippen molar-refractivity contribution in [1.82, 2.24) is 0 Å². The first-order chi connectivity index (χ1) is 6.00. The summed E-state index contributed by atoms with van der Waals surface area (Å²) in [5.74, 6) is 0. The summed E-state index contributed by atoms with van der Waals surface area (Å²) in [5.41, 5.74) is 0. The summed E-state index contributed by atoms with van der Waals surface area (Å²) >= 11 is 0. The van der Waals surface area contributed by atoms with Crippen LogP contribution in [0.2, 0.25) is 0 Å². The van der Waals surface area contributed by atoms with Crippen LogP contribution >= 0.6 is 0 Å². The molecule has 0 aromatic rings. The molecule has 6 nitrogen and oxygen atoms in total. The molecule has 0 saturated heterocycles. The Hall–Kier alpha value is 0.732. The zero-order valence-electron chi connectivity index (χ0n) is 6.50. The van der Waals surface area contributed by atoms with Crippen molar-refractivity contribution in [3.63, 3.8) is 0 Å². The molecule has 72 valence electrons. The Bertz CT molecular complexity index is 101. The van der Waals surface area contributed by atoms with E-state index in [9.17, 15) is 0 Å². The van der Waals surface area contributed by atoms with Crippen LogP contribution in [0.5, 0.6) is 0 Å². The predicted octanol–water partition coefficient (Wildman–Crippen LogP) is -0.461. The van der Waals surface area contributed by atoms with Crippen molar-refractivity contribution in [2.24, 2.45) is 0 Å². The molecule has 0 aliphatic rings. The van der Waals surface area contributed by atoms with Crippen LogP contribution in [0.1, 0.15) is 0 Å². The summed E-state index contributed by atoms with van der Waals surface area (Å²) < 4.78 is 0. The van der Waals surface area contributed by atoms with E-state index in [2.05, 4.69) is 39.4 Å². The van der Waals surface area contributed by atoms with Gasteiger partial charge < -0.3 is 0 Å². The van der Waals surface area contributed by atoms with Gasteiger partial charge >= 0.3 is 103 Å². The van der Waals surface area contributed by atoms with Gasteiger partial charge in [-0.25, -0.2) is 31.6 Å². The Morgan fingerprint density at radius 2 is 0.333 bits per heavy atom. The van der Waals surface area contributed by atoms with E-state index in [1.807, 2.05) is 0 Å². The first-order valence-electron chi connectivity index (χ1n) is 1.55. The van der Waals surface area contributed by atoms with Gasteiger partial charge in [0, 0.05) is 56.5 Å². The van der Waals surface area contributed by atoms with Crippen LogP contribution in [0, 0.1) is 71.0 Å². The topological polar surface area (TPSA) is 143 Å². The van der Waals surface area contributed by atoms with Crippen molar-refractivity contribution in [2.45, 2.75) is 0 Å². The van der Waals surface area contributed by atoms with Gasteiger partial charge in [-0.2, -0.15) is 0 Å². The van der Waals surface area contributed by atoms with Crippen molar-refractivity contribution in [2.75, 3.05) is 0 Å². The van der Waals surface area contributed by atoms with E-state index in [1.54, 1.807) is 0 Å². The second kappa shape index (κ2) is 5180. The van der Waals surface area contributed by atoms with Gasteiger partial charge in [0.1, 0.15) is 0 Å². The monoisotopic (exact) mass is 298 g/mol. The molecule has 0 aliphatic carbocycles. The number of hydrogen-bond acceptors (Lipinski definition) is 6. The van der Waals surface area contributed by atoms with Gasteiger partial charge in [-0.1, -0.05) is 0 Å². The van der Waals surface area contributed by atoms with E-state index in [1.165, 1.54) is 0 Å². The third-order valence-corrected chi connectivity index (χ3v) is 0. The summed E-state index contributed by atoms with van der Waals surface area (Å²) in [6.07, 6.45) is 0. The Kier molecular flexibility index (Phi) is 26000. The fraction of sp³-hybridized carbons (Fsp3) is 0. The molecule has 0 fully saturated rings. The SMILES string of the molecule is C#N.C#N.C#N.C#N.C#N.C#N.[Fe].[KH].[KH]. The minimum atomic E-state index is 0. The Morgan fingerprint density at radius 1 is 0.333 bits per heavy atom. The summed E-state index contributed by atoms with van der Waals surface area (Å²) in [6, 6.07) is 0. The molecule has 0 aromatic carbocycles. The average Bonchev–Trinajstić information content (AvgIpc) is 2.33. The summed E-state index contributed by atoms with van der Waals surface area (Å²) in [5, 5.41) is 39.0. The zero-order chi connectivity index (χ0) is 12.0. The number of nitrogens with zero attached hydrogens (tertiary/aromatic N) is 6. The van der Waals surface area contributed by atoms with Crippen LogP contribution in [0.3, 0.4) is 0 Å². The molecule has 0 radical (unpaired) electrons. The van der Waals surface area contributed by atoms with Gasteiger partial charge in [-0.3, -0.25) is 0 Å². The standard InChI is InChI=1S/6CHN.Fe.2K.2H/c6*1-2;;;;;/h6*1H;;;;;. The molecule has 15 heavy (non-hydrogen) atoms. The van der Waals surface area contributed by atoms with Crippen LogP contribution in [0.4, 0.5) is 0 Å². The van der Waals surface area contributed by atoms with E-state index in [0.29, 0.717) is 0 Å². The minimum absolute atomic E-state index is 0. The van der Waals surface area contributed by atoms with Crippen LogP contribution in [-0.4, -0.2) is 103 Å². The van der Waals surface area contributed by atoms with Crippen LogP contribution in [0.15, 0.2) is 0 Å². The fourth-order valence-corrected chi connectivity index (χ4v) is 0. The fourth-order valence-electron chi connectivity index (χ4n) is 0. The van der Waals surface area contributed by atoms with Gasteiger partial charge in [0.2, 0.25) is 0 Å². The second-order valence-corrected chi connectivity index (χ2v) is 0. The number of rotatable bonds is 0. The van der Waals surface area contributed by atoms with Gasteiger partial charge in [0.05, 0.1) is 0 Å². The molecule has 9 heteroatoms. The second-order valence-electron chi connectivity index (χ2n) is 0. The number of hydrogen-bond donors (Lipinski definition) is 0. The van der Waals surface area contributed by atoms with E-state index in [0.717, 1.165) is 0 Å². The molecule has 0 N–H and O–H groups in total. The van der Waals surface area contributed by atoms with E-state index < -0.39 is 0 Å². The maximum absolute atomic E-state index is 6.50. The molecule has 0 saturated carbocycles. The third kappa shape index (κ3) is 4450. The van der Waals surface area contributed by atoms with Crippen molar-refractivity contribution in [3.8, 4) is 39.4 Å². The third-order valence-electron chi connectivity index (χ3n) is 0. The summed E-state index contributed by atoms with van der Waals surface area (Å²) in [6.45, 7) is 21.0. The first kappa shape index (κ1) is 75.3. The van der Waals surface area contributed by atoms with Crippen LogP contribution < -0.4 is 0 Å². The zero-order valence-corrected chi connectivity index (χ0v) is 7.61. The molecular formula is C6H8FeK2N6. The normalized spacial score (nSPS) is 0.800. The number of nitriles is 6. The van der Waals surface area contributed by atoms with Gasteiger partial charge in [0.25, 0.3) is 0 Å². The Morgan fingerprint density at radius 3 is 0.333 bits per heavy atom. The van der Waals surface area contributed by atoms with Crippen molar-refractivity contribution >= 4 is 103 Å². The van der Waals surface area contributed by atoms with E-state index >= 15 is 0 Å². The quantitative estimate of drug-likeness (QED) is 0.553. The molecular weight excluding hydrogens is 290 g/mol. The maximum atomic E-state index is 6.50. The molecule has 0 heterocycles. The Balaban J connectivity index is -0.00000000396. The van der Waals surface area contributed by atoms with Crippen molar-refractivity contribution in [3.05, 3.63) is 0 Å². The molecule has 0 unspecified atom stereocenters. The van der Waals surface area contributed by atoms with E-state index in [4.69, 9.17) is 31.6 Å². The average molecular weight is 298 g/mol. The Labute approximate surface area is 186 Å². The molecule has 0 aliphatic heterocycles. The van der Waals surface area contributed by atoms with Crippen LogP contribution in [-0.2, 0) is 17.1 Å². The van der Waals surface area contributed by atoms with E-state index in [-0.39, 0.29) is 120 Å². The van der Waals surface area contributed by atoms with Crippen molar-refractivity contribution in [1.29, 1.82) is 31.6 Å². The molecule has 0 rings (SSSR count). The van der Waals surface area contributed by atoms with Gasteiger partial charge in [-0.05, 0) is 0 Å². The molecule has 0 bridgehead atoms. The predicted molar refractivity (Wildman–Crippen MR) is 54.3 cm³/mol.